The first kappa shape index (κ1) is 25.2. The molecule has 0 spiro atoms. The summed E-state index contributed by atoms with van der Waals surface area (Å²) in [6.45, 7) is 9.23. The second-order valence-electron chi connectivity index (χ2n) is 8.77. The van der Waals surface area contributed by atoms with Gasteiger partial charge in [-0.3, -0.25) is 9.59 Å². The zero-order valence-corrected chi connectivity index (χ0v) is 20.6. The third-order valence-electron chi connectivity index (χ3n) is 6.04. The highest BCUT2D eigenvalue weighted by molar-refractivity contribution is 5.98. The lowest BCUT2D eigenvalue weighted by molar-refractivity contribution is -0.120. The molecule has 2 amide bonds. The summed E-state index contributed by atoms with van der Waals surface area (Å²) in [7, 11) is 0. The summed E-state index contributed by atoms with van der Waals surface area (Å²) in [6, 6.07) is 23.9. The molecule has 178 valence electrons. The molecule has 0 aromatic heterocycles. The molecule has 0 bridgehead atoms. The quantitative estimate of drug-likeness (QED) is 0.436. The summed E-state index contributed by atoms with van der Waals surface area (Å²) in [6.07, 6.45) is 0.756. The van der Waals surface area contributed by atoms with Gasteiger partial charge in [0.1, 0.15) is 6.04 Å². The number of anilines is 1. The van der Waals surface area contributed by atoms with E-state index in [9.17, 15) is 9.59 Å². The van der Waals surface area contributed by atoms with Crippen LogP contribution in [0.3, 0.4) is 0 Å². The van der Waals surface area contributed by atoms with Crippen LogP contribution in [0.1, 0.15) is 40.8 Å². The molecule has 2 N–H and O–H groups in total. The average molecular weight is 458 g/mol. The Bertz CT molecular complexity index is 1090. The minimum atomic E-state index is -0.519. The van der Waals surface area contributed by atoms with Gasteiger partial charge in [-0.25, -0.2) is 0 Å². The number of benzene rings is 3. The molecule has 3 rings (SSSR count). The van der Waals surface area contributed by atoms with Gasteiger partial charge in [-0.15, -0.1) is 0 Å². The van der Waals surface area contributed by atoms with Crippen molar-refractivity contribution in [3.63, 3.8) is 0 Å². The van der Waals surface area contributed by atoms with Crippen molar-refractivity contribution in [2.45, 2.75) is 40.2 Å². The normalized spacial score (nSPS) is 11.6. The number of aryl methyl sites for hydroxylation is 3. The maximum absolute atomic E-state index is 14.0. The van der Waals surface area contributed by atoms with E-state index in [1.165, 1.54) is 23.6 Å². The largest absolute Gasteiger partial charge is 0.355 e. The van der Waals surface area contributed by atoms with Crippen LogP contribution in [0.15, 0.2) is 72.8 Å². The summed E-state index contributed by atoms with van der Waals surface area (Å²) < 4.78 is 0. The summed E-state index contributed by atoms with van der Waals surface area (Å²) in [5, 5.41) is 6.16. The van der Waals surface area contributed by atoms with E-state index in [0.717, 1.165) is 23.2 Å². The van der Waals surface area contributed by atoms with Crippen LogP contribution in [0.4, 0.5) is 5.69 Å². The van der Waals surface area contributed by atoms with Gasteiger partial charge >= 0.3 is 0 Å². The molecule has 0 radical (unpaired) electrons. The van der Waals surface area contributed by atoms with Crippen molar-refractivity contribution >= 4 is 17.5 Å². The molecule has 0 saturated carbocycles. The van der Waals surface area contributed by atoms with E-state index in [2.05, 4.69) is 67.8 Å². The van der Waals surface area contributed by atoms with Crippen LogP contribution >= 0.6 is 0 Å². The number of hydrogen-bond acceptors (Lipinski definition) is 3. The fraction of sp³-hybridized carbons (Fsp3) is 0.310. The molecule has 0 heterocycles. The van der Waals surface area contributed by atoms with E-state index in [4.69, 9.17) is 0 Å². The van der Waals surface area contributed by atoms with Gasteiger partial charge in [0.2, 0.25) is 11.8 Å². The summed E-state index contributed by atoms with van der Waals surface area (Å²) >= 11 is 0. The molecule has 3 aromatic rings. The SMILES string of the molecule is CC(=O)NCCNC(C(=O)N(CCc1ccc(C)cc1)c1ccc(C)c(C)c1)c1ccccc1. The lowest BCUT2D eigenvalue weighted by atomic mass is 10.0. The van der Waals surface area contributed by atoms with Gasteiger partial charge in [-0.1, -0.05) is 66.2 Å². The van der Waals surface area contributed by atoms with E-state index in [0.29, 0.717) is 19.6 Å². The monoisotopic (exact) mass is 457 g/mol. The van der Waals surface area contributed by atoms with E-state index in [-0.39, 0.29) is 11.8 Å². The zero-order chi connectivity index (χ0) is 24.5. The molecular formula is C29H35N3O2. The van der Waals surface area contributed by atoms with Crippen molar-refractivity contribution in [2.24, 2.45) is 0 Å². The molecular weight excluding hydrogens is 422 g/mol. The summed E-state index contributed by atoms with van der Waals surface area (Å²) in [5.41, 5.74) is 6.56. The van der Waals surface area contributed by atoms with Crippen LogP contribution in [0, 0.1) is 20.8 Å². The summed E-state index contributed by atoms with van der Waals surface area (Å²) in [4.78, 5) is 27.2. The van der Waals surface area contributed by atoms with Crippen LogP contribution < -0.4 is 15.5 Å². The number of carbonyl (C=O) groups excluding carboxylic acids is 2. The third-order valence-corrected chi connectivity index (χ3v) is 6.04. The maximum atomic E-state index is 14.0. The highest BCUT2D eigenvalue weighted by Gasteiger charge is 2.26. The standard InChI is InChI=1S/C29H35N3O2/c1-21-10-13-25(14-11-21)16-19-32(27-15-12-22(2)23(3)20-27)29(34)28(26-8-6-5-7-9-26)31-18-17-30-24(4)33/h5-15,20,28,31H,16-19H2,1-4H3,(H,30,33). The molecule has 5 heteroatoms. The Morgan fingerprint density at radius 1 is 0.853 bits per heavy atom. The highest BCUT2D eigenvalue weighted by atomic mass is 16.2. The smallest absolute Gasteiger partial charge is 0.248 e. The zero-order valence-electron chi connectivity index (χ0n) is 20.6. The van der Waals surface area contributed by atoms with E-state index in [1.54, 1.807) is 0 Å². The Labute approximate surface area is 203 Å². The van der Waals surface area contributed by atoms with Crippen LogP contribution in [0.5, 0.6) is 0 Å². The first-order valence-electron chi connectivity index (χ1n) is 11.8. The number of nitrogens with one attached hydrogen (secondary N) is 2. The maximum Gasteiger partial charge on any atom is 0.248 e. The molecule has 0 saturated heterocycles. The van der Waals surface area contributed by atoms with Gasteiger partial charge in [-0.05, 0) is 61.6 Å². The van der Waals surface area contributed by atoms with Gasteiger partial charge in [0, 0.05) is 32.2 Å². The molecule has 3 aromatic carbocycles. The van der Waals surface area contributed by atoms with Gasteiger partial charge in [0.05, 0.1) is 0 Å². The summed E-state index contributed by atoms with van der Waals surface area (Å²) in [5.74, 6) is -0.0939. The van der Waals surface area contributed by atoms with Crippen molar-refractivity contribution in [3.8, 4) is 0 Å². The van der Waals surface area contributed by atoms with E-state index >= 15 is 0 Å². The average Bonchev–Trinajstić information content (AvgIpc) is 2.83. The van der Waals surface area contributed by atoms with Gasteiger partial charge in [-0.2, -0.15) is 0 Å². The molecule has 5 nitrogen and oxygen atoms in total. The van der Waals surface area contributed by atoms with E-state index in [1.807, 2.05) is 41.3 Å². The van der Waals surface area contributed by atoms with Gasteiger partial charge in [0.25, 0.3) is 0 Å². The second kappa shape index (κ2) is 12.1. The third kappa shape index (κ3) is 7.03. The molecule has 0 aliphatic carbocycles. The topological polar surface area (TPSA) is 61.4 Å². The van der Waals surface area contributed by atoms with Crippen LogP contribution in [-0.4, -0.2) is 31.4 Å². The van der Waals surface area contributed by atoms with Gasteiger partial charge < -0.3 is 15.5 Å². The molecule has 0 aliphatic heterocycles. The lowest BCUT2D eigenvalue weighted by Crippen LogP contribution is -2.44. The Hall–Kier alpha value is -3.44. The molecule has 34 heavy (non-hydrogen) atoms. The predicted octanol–water partition coefficient (Wildman–Crippen LogP) is 4.65. The Morgan fingerprint density at radius 3 is 2.21 bits per heavy atom. The lowest BCUT2D eigenvalue weighted by Gasteiger charge is -2.29. The number of amides is 2. The van der Waals surface area contributed by atoms with Gasteiger partial charge in [0.15, 0.2) is 0 Å². The van der Waals surface area contributed by atoms with Crippen LogP contribution in [-0.2, 0) is 16.0 Å². The van der Waals surface area contributed by atoms with Crippen molar-refractivity contribution < 1.29 is 9.59 Å². The minimum absolute atomic E-state index is 0.00982. The fourth-order valence-corrected chi connectivity index (χ4v) is 3.86. The molecule has 0 aliphatic rings. The van der Waals surface area contributed by atoms with Crippen molar-refractivity contribution in [3.05, 3.63) is 101 Å². The van der Waals surface area contributed by atoms with Crippen molar-refractivity contribution in [1.29, 1.82) is 0 Å². The Kier molecular flexibility index (Phi) is 9.00. The number of rotatable bonds is 10. The predicted molar refractivity (Wildman–Crippen MR) is 139 cm³/mol. The van der Waals surface area contributed by atoms with Crippen molar-refractivity contribution in [2.75, 3.05) is 24.5 Å². The molecule has 0 fully saturated rings. The fourth-order valence-electron chi connectivity index (χ4n) is 3.86. The number of nitrogens with zero attached hydrogens (tertiary/aromatic N) is 1. The first-order chi connectivity index (χ1) is 16.3. The first-order valence-corrected chi connectivity index (χ1v) is 11.8. The number of hydrogen-bond donors (Lipinski definition) is 2. The Morgan fingerprint density at radius 2 is 1.56 bits per heavy atom. The number of carbonyl (C=O) groups is 2. The second-order valence-corrected chi connectivity index (χ2v) is 8.77. The highest BCUT2D eigenvalue weighted by Crippen LogP contribution is 2.24. The van der Waals surface area contributed by atoms with Crippen LogP contribution in [0.25, 0.3) is 0 Å². The van der Waals surface area contributed by atoms with Crippen LogP contribution in [0.2, 0.25) is 0 Å². The van der Waals surface area contributed by atoms with Crippen molar-refractivity contribution in [1.82, 2.24) is 10.6 Å². The minimum Gasteiger partial charge on any atom is -0.355 e. The molecule has 1 unspecified atom stereocenters. The van der Waals surface area contributed by atoms with E-state index < -0.39 is 6.04 Å². The molecule has 1 atom stereocenters. The Balaban J connectivity index is 1.89.